The predicted octanol–water partition coefficient (Wildman–Crippen LogP) is 3.23. The highest BCUT2D eigenvalue weighted by Crippen LogP contribution is 2.39. The van der Waals surface area contributed by atoms with Gasteiger partial charge >= 0.3 is 0 Å². The first-order chi connectivity index (χ1) is 14.2. The van der Waals surface area contributed by atoms with Crippen molar-refractivity contribution < 1.29 is 5.11 Å². The van der Waals surface area contributed by atoms with Gasteiger partial charge in [0.2, 0.25) is 0 Å². The maximum atomic E-state index is 10.9. The molecule has 1 saturated carbocycles. The van der Waals surface area contributed by atoms with E-state index in [1.807, 2.05) is 11.3 Å². The molecule has 1 aliphatic carbocycles. The van der Waals surface area contributed by atoms with E-state index in [2.05, 4.69) is 64.2 Å². The first kappa shape index (κ1) is 19.7. The number of piperazine rings is 1. The average molecular weight is 412 g/mol. The first-order valence-corrected chi connectivity index (χ1v) is 11.9. The van der Waals surface area contributed by atoms with Crippen LogP contribution >= 0.6 is 11.3 Å². The van der Waals surface area contributed by atoms with Crippen LogP contribution in [0.25, 0.3) is 10.4 Å². The van der Waals surface area contributed by atoms with E-state index in [-0.39, 0.29) is 6.10 Å². The van der Waals surface area contributed by atoms with Crippen LogP contribution in [0.1, 0.15) is 17.7 Å². The second kappa shape index (κ2) is 8.48. The fourth-order valence-corrected chi connectivity index (χ4v) is 6.68. The van der Waals surface area contributed by atoms with Crippen LogP contribution in [0.15, 0.2) is 42.5 Å². The number of nitrogens with zero attached hydrogens (tertiary/aromatic N) is 3. The highest BCUT2D eigenvalue weighted by molar-refractivity contribution is 7.15. The van der Waals surface area contributed by atoms with Crippen LogP contribution in [0.3, 0.4) is 0 Å². The summed E-state index contributed by atoms with van der Waals surface area (Å²) < 4.78 is 0. The van der Waals surface area contributed by atoms with Gasteiger partial charge in [0.15, 0.2) is 0 Å². The van der Waals surface area contributed by atoms with Crippen molar-refractivity contribution in [2.45, 2.75) is 31.5 Å². The average Bonchev–Trinajstić information content (AvgIpc) is 3.35. The van der Waals surface area contributed by atoms with Gasteiger partial charge in [-0.3, -0.25) is 9.80 Å². The van der Waals surface area contributed by atoms with Crippen LogP contribution in [0.4, 0.5) is 0 Å². The zero-order valence-electron chi connectivity index (χ0n) is 17.4. The molecule has 0 unspecified atom stereocenters. The van der Waals surface area contributed by atoms with E-state index in [4.69, 9.17) is 0 Å². The number of aliphatic hydroxyl groups excluding tert-OH is 1. The molecule has 2 aliphatic heterocycles. The van der Waals surface area contributed by atoms with E-state index < -0.39 is 0 Å². The summed E-state index contributed by atoms with van der Waals surface area (Å²) in [5.74, 6) is 1.42. The van der Waals surface area contributed by atoms with Crippen molar-refractivity contribution in [2.75, 3.05) is 46.3 Å². The summed E-state index contributed by atoms with van der Waals surface area (Å²) in [6, 6.07) is 15.6. The minimum Gasteiger partial charge on any atom is -0.391 e. The Labute approximate surface area is 178 Å². The molecule has 0 spiro atoms. The number of aliphatic hydroxyl groups is 1. The Bertz CT molecular complexity index is 801. The fraction of sp³-hybridized carbons (Fsp3) is 0.583. The van der Waals surface area contributed by atoms with Crippen molar-refractivity contribution in [2.24, 2.45) is 11.8 Å². The number of likely N-dealkylation sites (N-methyl/N-ethyl adjacent to an activating group) is 1. The van der Waals surface area contributed by atoms with Gasteiger partial charge in [0.1, 0.15) is 0 Å². The minimum atomic E-state index is -0.147. The van der Waals surface area contributed by atoms with Gasteiger partial charge in [-0.25, -0.2) is 0 Å². The molecule has 156 valence electrons. The summed E-state index contributed by atoms with van der Waals surface area (Å²) in [6.45, 7) is 7.88. The number of hydrogen-bond acceptors (Lipinski definition) is 5. The summed E-state index contributed by atoms with van der Waals surface area (Å²) in [7, 11) is 2.20. The lowest BCUT2D eigenvalue weighted by atomic mass is 9.77. The van der Waals surface area contributed by atoms with Crippen LogP contribution in [-0.4, -0.2) is 78.3 Å². The number of benzene rings is 1. The molecule has 1 N–H and O–H groups in total. The maximum Gasteiger partial charge on any atom is 0.0698 e. The Kier molecular flexibility index (Phi) is 5.76. The molecule has 4 nitrogen and oxygen atoms in total. The zero-order chi connectivity index (χ0) is 19.8. The predicted molar refractivity (Wildman–Crippen MR) is 120 cm³/mol. The molecule has 1 aromatic carbocycles. The Morgan fingerprint density at radius 1 is 0.931 bits per heavy atom. The summed E-state index contributed by atoms with van der Waals surface area (Å²) in [6.07, 6.45) is 2.01. The lowest BCUT2D eigenvalue weighted by molar-refractivity contribution is -0.0249. The summed E-state index contributed by atoms with van der Waals surface area (Å²) in [5.41, 5.74) is 1.32. The van der Waals surface area contributed by atoms with E-state index >= 15 is 0 Å². The topological polar surface area (TPSA) is 30.0 Å². The van der Waals surface area contributed by atoms with E-state index in [9.17, 15) is 5.11 Å². The maximum absolute atomic E-state index is 10.9. The van der Waals surface area contributed by atoms with E-state index in [1.54, 1.807) is 0 Å². The van der Waals surface area contributed by atoms with Crippen molar-refractivity contribution in [3.05, 3.63) is 47.3 Å². The van der Waals surface area contributed by atoms with E-state index in [0.29, 0.717) is 12.0 Å². The van der Waals surface area contributed by atoms with Crippen molar-refractivity contribution in [1.82, 2.24) is 14.7 Å². The molecule has 4 atom stereocenters. The molecule has 3 heterocycles. The number of rotatable bonds is 4. The monoisotopic (exact) mass is 411 g/mol. The smallest absolute Gasteiger partial charge is 0.0698 e. The van der Waals surface area contributed by atoms with Gasteiger partial charge in [-0.15, -0.1) is 11.3 Å². The second-order valence-corrected chi connectivity index (χ2v) is 10.5. The minimum absolute atomic E-state index is 0.147. The molecule has 0 radical (unpaired) electrons. The molecule has 2 saturated heterocycles. The van der Waals surface area contributed by atoms with Crippen LogP contribution in [0.2, 0.25) is 0 Å². The van der Waals surface area contributed by atoms with Gasteiger partial charge in [-0.05, 0) is 49.4 Å². The van der Waals surface area contributed by atoms with Crippen molar-refractivity contribution in [3.63, 3.8) is 0 Å². The van der Waals surface area contributed by atoms with Crippen LogP contribution in [-0.2, 0) is 6.54 Å². The molecule has 0 amide bonds. The second-order valence-electron chi connectivity index (χ2n) is 9.29. The van der Waals surface area contributed by atoms with Crippen LogP contribution in [0.5, 0.6) is 0 Å². The molecule has 1 aromatic heterocycles. The van der Waals surface area contributed by atoms with Gasteiger partial charge in [-0.2, -0.15) is 0 Å². The molecule has 0 bridgehead atoms. The summed E-state index contributed by atoms with van der Waals surface area (Å²) in [5, 5.41) is 10.9. The van der Waals surface area contributed by atoms with Gasteiger partial charge < -0.3 is 10.0 Å². The highest BCUT2D eigenvalue weighted by atomic mass is 32.1. The number of fused-ring (bicyclic) bond motifs is 1. The third-order valence-corrected chi connectivity index (χ3v) is 8.41. The Morgan fingerprint density at radius 2 is 1.66 bits per heavy atom. The fourth-order valence-electron chi connectivity index (χ4n) is 5.62. The number of likely N-dealkylation sites (tertiary alicyclic amines) is 1. The third-order valence-electron chi connectivity index (χ3n) is 7.29. The largest absolute Gasteiger partial charge is 0.391 e. The van der Waals surface area contributed by atoms with Gasteiger partial charge in [0.25, 0.3) is 0 Å². The number of hydrogen-bond donors (Lipinski definition) is 1. The SMILES string of the molecule is CN1CCN([C@@H]2C[C@@H]3CN(Cc4ccc(-c5ccccc5)s4)C[C@@H]3C[C@H]2O)CC1. The lowest BCUT2D eigenvalue weighted by Crippen LogP contribution is -2.55. The Balaban J connectivity index is 1.20. The van der Waals surface area contributed by atoms with Gasteiger partial charge in [-0.1, -0.05) is 30.3 Å². The van der Waals surface area contributed by atoms with Crippen molar-refractivity contribution in [1.29, 1.82) is 0 Å². The Hall–Kier alpha value is -1.24. The third kappa shape index (κ3) is 4.30. The summed E-state index contributed by atoms with van der Waals surface area (Å²) >= 11 is 1.93. The molecule has 5 heteroatoms. The highest BCUT2D eigenvalue weighted by Gasteiger charge is 2.43. The van der Waals surface area contributed by atoms with Crippen LogP contribution in [0, 0.1) is 11.8 Å². The standard InChI is InChI=1S/C24H33N3OS/c1-25-9-11-27(12-10-25)22-13-19-15-26(16-20(19)14-23(22)28)17-21-7-8-24(29-21)18-5-3-2-4-6-18/h2-8,19-20,22-23,28H,9-17H2,1H3/t19-,20+,22-,23-/m1/s1. The Morgan fingerprint density at radius 3 is 2.41 bits per heavy atom. The first-order valence-electron chi connectivity index (χ1n) is 11.1. The molecular formula is C24H33N3OS. The zero-order valence-corrected chi connectivity index (χ0v) is 18.2. The van der Waals surface area contributed by atoms with Gasteiger partial charge in [0, 0.05) is 61.6 Å². The normalized spacial score (nSPS) is 31.8. The van der Waals surface area contributed by atoms with E-state index in [0.717, 1.165) is 51.6 Å². The molecule has 3 fully saturated rings. The van der Waals surface area contributed by atoms with Crippen LogP contribution < -0.4 is 0 Å². The molecule has 2 aromatic rings. The van der Waals surface area contributed by atoms with Gasteiger partial charge in [0.05, 0.1) is 6.10 Å². The number of thiophene rings is 1. The lowest BCUT2D eigenvalue weighted by Gasteiger charge is -2.44. The molecule has 5 rings (SSSR count). The van der Waals surface area contributed by atoms with Crippen molar-refractivity contribution in [3.8, 4) is 10.4 Å². The summed E-state index contributed by atoms with van der Waals surface area (Å²) in [4.78, 5) is 10.4. The van der Waals surface area contributed by atoms with Crippen molar-refractivity contribution >= 4 is 11.3 Å². The molecular weight excluding hydrogens is 378 g/mol. The molecule has 3 aliphatic rings. The molecule has 29 heavy (non-hydrogen) atoms. The quantitative estimate of drug-likeness (QED) is 0.837. The van der Waals surface area contributed by atoms with E-state index in [1.165, 1.54) is 28.3 Å².